The molecule has 0 radical (unpaired) electrons. The highest BCUT2D eigenvalue weighted by Gasteiger charge is 2.21. The first-order valence-corrected chi connectivity index (χ1v) is 9.29. The molecule has 3 aromatic rings. The Morgan fingerprint density at radius 2 is 1.67 bits per heavy atom. The van der Waals surface area contributed by atoms with Gasteiger partial charge in [0.15, 0.2) is 0 Å². The summed E-state index contributed by atoms with van der Waals surface area (Å²) in [7, 11) is 1.66. The molecule has 0 spiro atoms. The average molecular weight is 362 g/mol. The number of hydrogen-bond donors (Lipinski definition) is 0. The molecule has 1 unspecified atom stereocenters. The quantitative estimate of drug-likeness (QED) is 0.590. The Morgan fingerprint density at radius 3 is 2.26 bits per heavy atom. The summed E-state index contributed by atoms with van der Waals surface area (Å²) >= 11 is 0. The zero-order valence-corrected chi connectivity index (χ0v) is 15.9. The van der Waals surface area contributed by atoms with Crippen LogP contribution in [0.15, 0.2) is 79.1 Å². The van der Waals surface area contributed by atoms with Gasteiger partial charge < -0.3 is 14.2 Å². The van der Waals surface area contributed by atoms with Gasteiger partial charge in [0.05, 0.1) is 19.6 Å². The van der Waals surface area contributed by atoms with E-state index in [4.69, 9.17) is 4.74 Å². The summed E-state index contributed by atoms with van der Waals surface area (Å²) in [6.45, 7) is 3.35. The highest BCUT2D eigenvalue weighted by molar-refractivity contribution is 5.77. The third kappa shape index (κ3) is 4.79. The van der Waals surface area contributed by atoms with Crippen LogP contribution in [-0.4, -0.2) is 29.0 Å². The largest absolute Gasteiger partial charge is 0.497 e. The van der Waals surface area contributed by atoms with Crippen molar-refractivity contribution < 1.29 is 9.53 Å². The number of hydrogen-bond acceptors (Lipinski definition) is 2. The van der Waals surface area contributed by atoms with Crippen LogP contribution in [0.4, 0.5) is 0 Å². The summed E-state index contributed by atoms with van der Waals surface area (Å²) in [4.78, 5) is 15.0. The molecule has 1 amide bonds. The molecule has 2 aromatic carbocycles. The highest BCUT2D eigenvalue weighted by atomic mass is 16.5. The molecule has 0 saturated heterocycles. The third-order valence-electron chi connectivity index (χ3n) is 4.81. The van der Waals surface area contributed by atoms with E-state index in [1.54, 1.807) is 7.11 Å². The fourth-order valence-corrected chi connectivity index (χ4v) is 3.25. The van der Waals surface area contributed by atoms with Gasteiger partial charge in [-0.25, -0.2) is 0 Å². The van der Waals surface area contributed by atoms with Crippen LogP contribution in [0.3, 0.4) is 0 Å². The molecular weight excluding hydrogens is 336 g/mol. The normalized spacial score (nSPS) is 11.8. The molecule has 0 saturated carbocycles. The van der Waals surface area contributed by atoms with E-state index in [0.29, 0.717) is 19.5 Å². The zero-order valence-electron chi connectivity index (χ0n) is 15.9. The summed E-state index contributed by atoms with van der Waals surface area (Å²) < 4.78 is 7.35. The van der Waals surface area contributed by atoms with Gasteiger partial charge in [0.25, 0.3) is 0 Å². The molecule has 4 heteroatoms. The van der Waals surface area contributed by atoms with E-state index >= 15 is 0 Å². The maximum absolute atomic E-state index is 13.1. The van der Waals surface area contributed by atoms with Crippen LogP contribution in [0.1, 0.15) is 30.5 Å². The Bertz CT molecular complexity index is 827. The maximum atomic E-state index is 13.1. The molecule has 0 N–H and O–H groups in total. The molecule has 0 aliphatic heterocycles. The standard InChI is InChI=1S/C23H26N2O2/c1-3-24(18-19-9-5-4-6-10-19)23(26)17-22(25-15-7-8-16-25)20-11-13-21(27-2)14-12-20/h4-16,22H,3,17-18H2,1-2H3. The van der Waals surface area contributed by atoms with Gasteiger partial charge in [-0.3, -0.25) is 4.79 Å². The van der Waals surface area contributed by atoms with Crippen LogP contribution >= 0.6 is 0 Å². The second-order valence-corrected chi connectivity index (χ2v) is 6.52. The van der Waals surface area contributed by atoms with Gasteiger partial charge in [0, 0.05) is 25.5 Å². The van der Waals surface area contributed by atoms with Gasteiger partial charge in [0.1, 0.15) is 5.75 Å². The minimum absolute atomic E-state index is 0.0387. The first-order valence-electron chi connectivity index (χ1n) is 9.29. The molecule has 0 aliphatic carbocycles. The van der Waals surface area contributed by atoms with Crippen molar-refractivity contribution in [1.82, 2.24) is 9.47 Å². The first-order chi connectivity index (χ1) is 13.2. The van der Waals surface area contributed by atoms with E-state index in [1.165, 1.54) is 0 Å². The number of rotatable bonds is 8. The lowest BCUT2D eigenvalue weighted by atomic mass is 10.0. The van der Waals surface area contributed by atoms with Crippen molar-refractivity contribution in [2.45, 2.75) is 25.9 Å². The van der Waals surface area contributed by atoms with E-state index in [0.717, 1.165) is 16.9 Å². The van der Waals surface area contributed by atoms with E-state index in [9.17, 15) is 4.79 Å². The van der Waals surface area contributed by atoms with Crippen molar-refractivity contribution in [2.75, 3.05) is 13.7 Å². The Kier molecular flexibility index (Phi) is 6.31. The molecule has 3 rings (SSSR count). The number of carbonyl (C=O) groups excluding carboxylic acids is 1. The van der Waals surface area contributed by atoms with E-state index in [-0.39, 0.29) is 11.9 Å². The molecule has 0 bridgehead atoms. The summed E-state index contributed by atoms with van der Waals surface area (Å²) in [5.41, 5.74) is 2.24. The topological polar surface area (TPSA) is 34.5 Å². The first kappa shape index (κ1) is 18.8. The lowest BCUT2D eigenvalue weighted by molar-refractivity contribution is -0.132. The number of aromatic nitrogens is 1. The Balaban J connectivity index is 1.79. The second kappa shape index (κ2) is 9.08. The molecule has 0 fully saturated rings. The second-order valence-electron chi connectivity index (χ2n) is 6.52. The lowest BCUT2D eigenvalue weighted by Gasteiger charge is -2.25. The summed E-state index contributed by atoms with van der Waals surface area (Å²) in [6, 6.07) is 22.0. The van der Waals surface area contributed by atoms with Crippen LogP contribution in [0, 0.1) is 0 Å². The van der Waals surface area contributed by atoms with Crippen molar-refractivity contribution in [1.29, 1.82) is 0 Å². The average Bonchev–Trinajstić information content (AvgIpc) is 3.25. The molecule has 27 heavy (non-hydrogen) atoms. The predicted octanol–water partition coefficient (Wildman–Crippen LogP) is 4.52. The molecule has 140 valence electrons. The van der Waals surface area contributed by atoms with Crippen LogP contribution < -0.4 is 4.74 Å². The predicted molar refractivity (Wildman–Crippen MR) is 108 cm³/mol. The van der Waals surface area contributed by atoms with Gasteiger partial charge in [-0.15, -0.1) is 0 Å². The van der Waals surface area contributed by atoms with Crippen molar-refractivity contribution in [3.05, 3.63) is 90.3 Å². The van der Waals surface area contributed by atoms with Gasteiger partial charge >= 0.3 is 0 Å². The van der Waals surface area contributed by atoms with Crippen molar-refractivity contribution in [3.8, 4) is 5.75 Å². The van der Waals surface area contributed by atoms with Crippen LogP contribution in [0.5, 0.6) is 5.75 Å². The Morgan fingerprint density at radius 1 is 1.00 bits per heavy atom. The van der Waals surface area contributed by atoms with Gasteiger partial charge in [-0.05, 0) is 42.3 Å². The number of benzene rings is 2. The zero-order chi connectivity index (χ0) is 19.1. The fraction of sp³-hybridized carbons (Fsp3) is 0.261. The van der Waals surface area contributed by atoms with Crippen molar-refractivity contribution in [3.63, 3.8) is 0 Å². The summed E-state index contributed by atoms with van der Waals surface area (Å²) in [6.07, 6.45) is 4.44. The summed E-state index contributed by atoms with van der Waals surface area (Å²) in [5, 5.41) is 0. The molecule has 4 nitrogen and oxygen atoms in total. The maximum Gasteiger partial charge on any atom is 0.225 e. The summed E-state index contributed by atoms with van der Waals surface area (Å²) in [5.74, 6) is 0.964. The van der Waals surface area contributed by atoms with Gasteiger partial charge in [-0.2, -0.15) is 0 Å². The minimum atomic E-state index is -0.0387. The van der Waals surface area contributed by atoms with E-state index in [2.05, 4.69) is 16.7 Å². The van der Waals surface area contributed by atoms with E-state index < -0.39 is 0 Å². The van der Waals surface area contributed by atoms with Crippen LogP contribution in [0.25, 0.3) is 0 Å². The van der Waals surface area contributed by atoms with Crippen LogP contribution in [0.2, 0.25) is 0 Å². The number of amides is 1. The number of methoxy groups -OCH3 is 1. The monoisotopic (exact) mass is 362 g/mol. The van der Waals surface area contributed by atoms with Crippen LogP contribution in [-0.2, 0) is 11.3 Å². The molecule has 1 heterocycles. The highest BCUT2D eigenvalue weighted by Crippen LogP contribution is 2.25. The lowest BCUT2D eigenvalue weighted by Crippen LogP contribution is -2.32. The fourth-order valence-electron chi connectivity index (χ4n) is 3.25. The number of ether oxygens (including phenoxy) is 1. The smallest absolute Gasteiger partial charge is 0.225 e. The molecule has 1 atom stereocenters. The number of carbonyl (C=O) groups is 1. The molecular formula is C23H26N2O2. The third-order valence-corrected chi connectivity index (χ3v) is 4.81. The van der Waals surface area contributed by atoms with Gasteiger partial charge in [-0.1, -0.05) is 42.5 Å². The van der Waals surface area contributed by atoms with Crippen molar-refractivity contribution >= 4 is 5.91 Å². The minimum Gasteiger partial charge on any atom is -0.497 e. The molecule has 0 aliphatic rings. The Labute approximate surface area is 161 Å². The Hall–Kier alpha value is -3.01. The van der Waals surface area contributed by atoms with Crippen molar-refractivity contribution in [2.24, 2.45) is 0 Å². The number of nitrogens with zero attached hydrogens (tertiary/aromatic N) is 2. The van der Waals surface area contributed by atoms with Gasteiger partial charge in [0.2, 0.25) is 5.91 Å². The molecule has 1 aromatic heterocycles. The van der Waals surface area contributed by atoms with E-state index in [1.807, 2.05) is 78.8 Å². The SMILES string of the molecule is CCN(Cc1ccccc1)C(=O)CC(c1ccc(OC)cc1)n1cccc1.